The summed E-state index contributed by atoms with van der Waals surface area (Å²) in [6.45, 7) is 0. The van der Waals surface area contributed by atoms with Crippen LogP contribution in [0.2, 0.25) is 0 Å². The molecule has 2 aromatic carbocycles. The summed E-state index contributed by atoms with van der Waals surface area (Å²) in [6.07, 6.45) is 5.99. The van der Waals surface area contributed by atoms with Gasteiger partial charge in [-0.05, 0) is 41.5 Å². The third-order valence-corrected chi connectivity index (χ3v) is 3.03. The Morgan fingerprint density at radius 3 is 2.42 bits per heavy atom. The van der Waals surface area contributed by atoms with E-state index in [-0.39, 0.29) is 0 Å². The van der Waals surface area contributed by atoms with Crippen LogP contribution < -0.4 is 5.73 Å². The molecule has 0 bridgehead atoms. The normalized spacial score (nSPS) is 11.2. The molecule has 0 unspecified atom stereocenters. The predicted octanol–water partition coefficient (Wildman–Crippen LogP) is 3.99. The zero-order valence-electron chi connectivity index (χ0n) is 10.5. The lowest BCUT2D eigenvalue weighted by atomic mass is 10.1. The molecule has 0 aliphatic heterocycles. The van der Waals surface area contributed by atoms with Crippen LogP contribution in [-0.2, 0) is 0 Å². The number of nitrogens with zero attached hydrogens (tertiary/aromatic N) is 1. The van der Waals surface area contributed by atoms with Crippen LogP contribution in [0.3, 0.4) is 0 Å². The molecule has 2 N–H and O–H groups in total. The van der Waals surface area contributed by atoms with Crippen LogP contribution >= 0.6 is 0 Å². The summed E-state index contributed by atoms with van der Waals surface area (Å²) in [6, 6.07) is 18.1. The van der Waals surface area contributed by atoms with Crippen LogP contribution in [0.5, 0.6) is 0 Å². The Kier molecular flexibility index (Phi) is 2.99. The van der Waals surface area contributed by atoms with Crippen molar-refractivity contribution in [2.24, 2.45) is 0 Å². The van der Waals surface area contributed by atoms with Crippen molar-refractivity contribution in [3.8, 4) is 0 Å². The van der Waals surface area contributed by atoms with Crippen LogP contribution in [0.4, 0.5) is 5.69 Å². The first kappa shape index (κ1) is 11.5. The lowest BCUT2D eigenvalue weighted by Crippen LogP contribution is -1.82. The molecule has 1 aromatic heterocycles. The lowest BCUT2D eigenvalue weighted by molar-refractivity contribution is 1.41. The second-order valence-corrected chi connectivity index (χ2v) is 4.46. The van der Waals surface area contributed by atoms with E-state index < -0.39 is 0 Å². The molecule has 19 heavy (non-hydrogen) atoms. The van der Waals surface area contributed by atoms with Crippen LogP contribution in [0, 0.1) is 0 Å². The molecule has 92 valence electrons. The molecule has 2 nitrogen and oxygen atoms in total. The van der Waals surface area contributed by atoms with Crippen molar-refractivity contribution >= 4 is 28.7 Å². The molecule has 3 rings (SSSR count). The van der Waals surface area contributed by atoms with Gasteiger partial charge in [0.15, 0.2) is 0 Å². The number of hydrogen-bond donors (Lipinski definition) is 1. The SMILES string of the molecule is Nc1ccc(/C=C/c2ccc3ncccc3c2)cc1. The van der Waals surface area contributed by atoms with E-state index in [0.29, 0.717) is 0 Å². The number of aromatic nitrogens is 1. The minimum atomic E-state index is 0.786. The molecule has 0 saturated carbocycles. The third kappa shape index (κ3) is 2.63. The Hall–Kier alpha value is -2.61. The van der Waals surface area contributed by atoms with Crippen molar-refractivity contribution in [3.63, 3.8) is 0 Å². The van der Waals surface area contributed by atoms with Gasteiger partial charge in [-0.15, -0.1) is 0 Å². The molecule has 0 amide bonds. The maximum atomic E-state index is 5.67. The monoisotopic (exact) mass is 246 g/mol. The van der Waals surface area contributed by atoms with Gasteiger partial charge in [-0.3, -0.25) is 4.98 Å². The molecule has 0 atom stereocenters. The van der Waals surface area contributed by atoms with Gasteiger partial charge >= 0.3 is 0 Å². The Balaban J connectivity index is 1.90. The highest BCUT2D eigenvalue weighted by molar-refractivity contribution is 5.83. The molecule has 0 fully saturated rings. The minimum absolute atomic E-state index is 0.786. The summed E-state index contributed by atoms with van der Waals surface area (Å²) in [7, 11) is 0. The smallest absolute Gasteiger partial charge is 0.0702 e. The maximum absolute atomic E-state index is 5.67. The van der Waals surface area contributed by atoms with Gasteiger partial charge in [0.1, 0.15) is 0 Å². The Morgan fingerprint density at radius 2 is 1.58 bits per heavy atom. The van der Waals surface area contributed by atoms with E-state index >= 15 is 0 Å². The van der Waals surface area contributed by atoms with Gasteiger partial charge in [-0.1, -0.05) is 36.4 Å². The average Bonchev–Trinajstić information content (AvgIpc) is 2.46. The average molecular weight is 246 g/mol. The molecule has 0 saturated heterocycles. The van der Waals surface area contributed by atoms with Crippen LogP contribution in [0.25, 0.3) is 23.1 Å². The molecule has 0 spiro atoms. The van der Waals surface area contributed by atoms with Crippen molar-refractivity contribution in [2.45, 2.75) is 0 Å². The van der Waals surface area contributed by atoms with Crippen LogP contribution in [0.15, 0.2) is 60.8 Å². The van der Waals surface area contributed by atoms with Crippen molar-refractivity contribution in [1.29, 1.82) is 0 Å². The van der Waals surface area contributed by atoms with Crippen molar-refractivity contribution in [1.82, 2.24) is 4.98 Å². The third-order valence-electron chi connectivity index (χ3n) is 3.03. The number of rotatable bonds is 2. The molecule has 2 heteroatoms. The first-order valence-electron chi connectivity index (χ1n) is 6.20. The van der Waals surface area contributed by atoms with E-state index in [4.69, 9.17) is 5.73 Å². The highest BCUT2D eigenvalue weighted by atomic mass is 14.6. The van der Waals surface area contributed by atoms with Gasteiger partial charge in [0, 0.05) is 17.3 Å². The van der Waals surface area contributed by atoms with Gasteiger partial charge < -0.3 is 5.73 Å². The summed E-state index contributed by atoms with van der Waals surface area (Å²) >= 11 is 0. The van der Waals surface area contributed by atoms with Crippen LogP contribution in [0.1, 0.15) is 11.1 Å². The standard InChI is InChI=1S/C17H14N2/c18-16-8-5-13(6-9-16)3-4-14-7-10-17-15(12-14)2-1-11-19-17/h1-12H,18H2/b4-3+. The Labute approximate surface area is 112 Å². The number of pyridine rings is 1. The van der Waals surface area contributed by atoms with Crippen molar-refractivity contribution in [2.75, 3.05) is 5.73 Å². The molecular weight excluding hydrogens is 232 g/mol. The summed E-state index contributed by atoms with van der Waals surface area (Å²) in [5.41, 5.74) is 9.78. The first-order chi connectivity index (χ1) is 9.31. The van der Waals surface area contributed by atoms with E-state index in [2.05, 4.69) is 35.3 Å². The number of nitrogen functional groups attached to an aromatic ring is 1. The Morgan fingerprint density at radius 1 is 0.842 bits per heavy atom. The quantitative estimate of drug-likeness (QED) is 0.548. The molecule has 0 aliphatic rings. The summed E-state index contributed by atoms with van der Waals surface area (Å²) in [5.74, 6) is 0. The van der Waals surface area contributed by atoms with Crippen LogP contribution in [-0.4, -0.2) is 4.98 Å². The van der Waals surface area contributed by atoms with Gasteiger partial charge in [-0.25, -0.2) is 0 Å². The van der Waals surface area contributed by atoms with E-state index in [0.717, 1.165) is 27.7 Å². The number of hydrogen-bond acceptors (Lipinski definition) is 2. The molecule has 3 aromatic rings. The Bertz CT molecular complexity index is 728. The lowest BCUT2D eigenvalue weighted by Gasteiger charge is -1.99. The zero-order chi connectivity index (χ0) is 13.1. The maximum Gasteiger partial charge on any atom is 0.0702 e. The van der Waals surface area contributed by atoms with Crippen molar-refractivity contribution in [3.05, 3.63) is 71.9 Å². The number of benzene rings is 2. The van der Waals surface area contributed by atoms with Gasteiger partial charge in [0.25, 0.3) is 0 Å². The fourth-order valence-corrected chi connectivity index (χ4v) is 2.00. The first-order valence-corrected chi connectivity index (χ1v) is 6.20. The van der Waals surface area contributed by atoms with E-state index in [1.165, 1.54) is 0 Å². The molecule has 1 heterocycles. The second-order valence-electron chi connectivity index (χ2n) is 4.46. The highest BCUT2D eigenvalue weighted by Crippen LogP contribution is 2.16. The zero-order valence-corrected chi connectivity index (χ0v) is 10.5. The van der Waals surface area contributed by atoms with Gasteiger partial charge in [-0.2, -0.15) is 0 Å². The van der Waals surface area contributed by atoms with Crippen molar-refractivity contribution < 1.29 is 0 Å². The molecule has 0 aliphatic carbocycles. The largest absolute Gasteiger partial charge is 0.399 e. The van der Waals surface area contributed by atoms with E-state index in [1.807, 2.05) is 42.6 Å². The highest BCUT2D eigenvalue weighted by Gasteiger charge is 1.94. The summed E-state index contributed by atoms with van der Waals surface area (Å²) in [4.78, 5) is 4.31. The number of anilines is 1. The topological polar surface area (TPSA) is 38.9 Å². The number of fused-ring (bicyclic) bond motifs is 1. The fourth-order valence-electron chi connectivity index (χ4n) is 2.00. The van der Waals surface area contributed by atoms with E-state index in [1.54, 1.807) is 0 Å². The van der Waals surface area contributed by atoms with Gasteiger partial charge in [0.2, 0.25) is 0 Å². The minimum Gasteiger partial charge on any atom is -0.399 e. The summed E-state index contributed by atoms with van der Waals surface area (Å²) in [5, 5.41) is 1.15. The molecule has 0 radical (unpaired) electrons. The van der Waals surface area contributed by atoms with Gasteiger partial charge in [0.05, 0.1) is 5.52 Å². The predicted molar refractivity (Wildman–Crippen MR) is 81.5 cm³/mol. The second kappa shape index (κ2) is 4.94. The summed E-state index contributed by atoms with van der Waals surface area (Å²) < 4.78 is 0. The fraction of sp³-hybridized carbons (Fsp3) is 0. The number of nitrogens with two attached hydrogens (primary N) is 1. The molecular formula is C17H14N2. The van der Waals surface area contributed by atoms with E-state index in [9.17, 15) is 0 Å².